The van der Waals surface area contributed by atoms with Crippen LogP contribution in [-0.2, 0) is 11.3 Å². The molecule has 2 rings (SSSR count). The maximum atomic E-state index is 10.9. The largest absolute Gasteiger partial charge is 0.480 e. The van der Waals surface area contributed by atoms with E-state index in [0.717, 1.165) is 19.5 Å². The van der Waals surface area contributed by atoms with Gasteiger partial charge in [-0.15, -0.1) is 0 Å². The molecule has 0 amide bonds. The third-order valence-electron chi connectivity index (χ3n) is 3.42. The number of aryl methyl sites for hydroxylation is 2. The van der Waals surface area contributed by atoms with Crippen molar-refractivity contribution in [2.24, 2.45) is 0 Å². The number of rotatable bonds is 3. The van der Waals surface area contributed by atoms with Gasteiger partial charge in [0.2, 0.25) is 0 Å². The molecule has 1 heterocycles. The van der Waals surface area contributed by atoms with E-state index in [1.165, 1.54) is 16.7 Å². The van der Waals surface area contributed by atoms with Crippen LogP contribution in [0.3, 0.4) is 0 Å². The molecular formula is C13H17NO2. The lowest BCUT2D eigenvalue weighted by Crippen LogP contribution is -2.51. The van der Waals surface area contributed by atoms with Gasteiger partial charge in [0.1, 0.15) is 6.04 Å². The van der Waals surface area contributed by atoms with Gasteiger partial charge in [0, 0.05) is 13.1 Å². The van der Waals surface area contributed by atoms with Crippen LogP contribution >= 0.6 is 0 Å². The summed E-state index contributed by atoms with van der Waals surface area (Å²) in [6.45, 7) is 5.82. The normalized spacial score (nSPS) is 20.5. The molecule has 1 aromatic carbocycles. The number of hydrogen-bond acceptors (Lipinski definition) is 2. The number of aliphatic carboxylic acids is 1. The summed E-state index contributed by atoms with van der Waals surface area (Å²) in [6.07, 6.45) is 0.778. The lowest BCUT2D eigenvalue weighted by molar-refractivity contribution is -0.148. The fourth-order valence-electron chi connectivity index (χ4n) is 2.21. The van der Waals surface area contributed by atoms with Crippen LogP contribution in [0.25, 0.3) is 0 Å². The zero-order chi connectivity index (χ0) is 11.7. The van der Waals surface area contributed by atoms with E-state index >= 15 is 0 Å². The summed E-state index contributed by atoms with van der Waals surface area (Å²) in [5.74, 6) is -0.697. The second kappa shape index (κ2) is 4.26. The molecule has 0 saturated carbocycles. The van der Waals surface area contributed by atoms with Gasteiger partial charge in [-0.25, -0.2) is 0 Å². The van der Waals surface area contributed by atoms with Crippen molar-refractivity contribution in [3.63, 3.8) is 0 Å². The van der Waals surface area contributed by atoms with Gasteiger partial charge >= 0.3 is 5.97 Å². The molecule has 1 atom stereocenters. The third-order valence-corrected chi connectivity index (χ3v) is 3.42. The number of likely N-dealkylation sites (tertiary alicyclic amines) is 1. The first-order valence-corrected chi connectivity index (χ1v) is 5.61. The Morgan fingerprint density at radius 1 is 1.44 bits per heavy atom. The first-order chi connectivity index (χ1) is 7.59. The molecule has 0 aliphatic carbocycles. The van der Waals surface area contributed by atoms with Crippen LogP contribution in [0, 0.1) is 13.8 Å². The second-order valence-corrected chi connectivity index (χ2v) is 4.48. The smallest absolute Gasteiger partial charge is 0.320 e. The minimum atomic E-state index is -0.697. The molecule has 3 heteroatoms. The molecule has 3 nitrogen and oxygen atoms in total. The summed E-state index contributed by atoms with van der Waals surface area (Å²) < 4.78 is 0. The average Bonchev–Trinajstić information content (AvgIpc) is 2.14. The average molecular weight is 219 g/mol. The van der Waals surface area contributed by atoms with Gasteiger partial charge in [0.25, 0.3) is 0 Å². The molecule has 1 N–H and O–H groups in total. The van der Waals surface area contributed by atoms with Crippen LogP contribution in [0.1, 0.15) is 23.1 Å². The molecular weight excluding hydrogens is 202 g/mol. The summed E-state index contributed by atoms with van der Waals surface area (Å²) in [5, 5.41) is 8.98. The molecule has 1 fully saturated rings. The third kappa shape index (κ3) is 1.95. The number of benzene rings is 1. The molecule has 1 aliphatic heterocycles. The van der Waals surface area contributed by atoms with Crippen LogP contribution in [0.2, 0.25) is 0 Å². The zero-order valence-corrected chi connectivity index (χ0v) is 9.73. The van der Waals surface area contributed by atoms with Crippen molar-refractivity contribution in [3.8, 4) is 0 Å². The van der Waals surface area contributed by atoms with Crippen molar-refractivity contribution in [1.82, 2.24) is 4.90 Å². The maximum Gasteiger partial charge on any atom is 0.320 e. The van der Waals surface area contributed by atoms with Crippen molar-refractivity contribution in [1.29, 1.82) is 0 Å². The van der Waals surface area contributed by atoms with Crippen molar-refractivity contribution >= 4 is 5.97 Å². The van der Waals surface area contributed by atoms with E-state index in [9.17, 15) is 4.79 Å². The number of carboxylic acids is 1. The second-order valence-electron chi connectivity index (χ2n) is 4.48. The van der Waals surface area contributed by atoms with Gasteiger partial charge in [0.05, 0.1) is 0 Å². The molecule has 0 spiro atoms. The van der Waals surface area contributed by atoms with Crippen LogP contribution in [-0.4, -0.2) is 28.6 Å². The summed E-state index contributed by atoms with van der Waals surface area (Å²) in [7, 11) is 0. The molecule has 1 saturated heterocycles. The van der Waals surface area contributed by atoms with Crippen molar-refractivity contribution in [2.75, 3.05) is 6.54 Å². The molecule has 0 aromatic heterocycles. The SMILES string of the molecule is Cc1cccc(C)c1CN1CCC1C(=O)O. The Labute approximate surface area is 95.7 Å². The highest BCUT2D eigenvalue weighted by atomic mass is 16.4. The highest BCUT2D eigenvalue weighted by Crippen LogP contribution is 2.23. The lowest BCUT2D eigenvalue weighted by Gasteiger charge is -2.38. The number of nitrogens with zero attached hydrogens (tertiary/aromatic N) is 1. The fraction of sp³-hybridized carbons (Fsp3) is 0.462. The standard InChI is InChI=1S/C13H17NO2/c1-9-4-3-5-10(2)11(9)8-14-7-6-12(14)13(15)16/h3-5,12H,6-8H2,1-2H3,(H,15,16). The van der Waals surface area contributed by atoms with Crippen molar-refractivity contribution in [2.45, 2.75) is 32.9 Å². The Balaban J connectivity index is 2.13. The van der Waals surface area contributed by atoms with E-state index in [1.807, 2.05) is 11.0 Å². The van der Waals surface area contributed by atoms with Gasteiger partial charge in [-0.1, -0.05) is 18.2 Å². The van der Waals surface area contributed by atoms with E-state index < -0.39 is 5.97 Å². The highest BCUT2D eigenvalue weighted by molar-refractivity contribution is 5.74. The van der Waals surface area contributed by atoms with E-state index in [1.54, 1.807) is 0 Å². The molecule has 1 aromatic rings. The zero-order valence-electron chi connectivity index (χ0n) is 9.73. The molecule has 0 radical (unpaired) electrons. The van der Waals surface area contributed by atoms with Crippen LogP contribution in [0.15, 0.2) is 18.2 Å². The summed E-state index contributed by atoms with van der Waals surface area (Å²) >= 11 is 0. The fourth-order valence-corrected chi connectivity index (χ4v) is 2.21. The van der Waals surface area contributed by atoms with Crippen LogP contribution in [0.5, 0.6) is 0 Å². The first-order valence-electron chi connectivity index (χ1n) is 5.61. The quantitative estimate of drug-likeness (QED) is 0.844. The summed E-state index contributed by atoms with van der Waals surface area (Å²) in [6, 6.07) is 5.92. The Morgan fingerprint density at radius 3 is 2.50 bits per heavy atom. The monoisotopic (exact) mass is 219 g/mol. The highest BCUT2D eigenvalue weighted by Gasteiger charge is 2.34. The first kappa shape index (κ1) is 11.1. The molecule has 86 valence electrons. The Bertz CT molecular complexity index is 394. The number of carbonyl (C=O) groups is 1. The number of carboxylic acid groups (broad SMARTS) is 1. The van der Waals surface area contributed by atoms with Gasteiger partial charge in [-0.2, -0.15) is 0 Å². The Hall–Kier alpha value is -1.35. The van der Waals surface area contributed by atoms with E-state index in [0.29, 0.717) is 0 Å². The van der Waals surface area contributed by atoms with E-state index in [-0.39, 0.29) is 6.04 Å². The molecule has 1 aliphatic rings. The van der Waals surface area contributed by atoms with Gasteiger partial charge in [-0.3, -0.25) is 9.69 Å². The van der Waals surface area contributed by atoms with Gasteiger partial charge in [-0.05, 0) is 37.0 Å². The maximum absolute atomic E-state index is 10.9. The van der Waals surface area contributed by atoms with Crippen molar-refractivity contribution in [3.05, 3.63) is 34.9 Å². The van der Waals surface area contributed by atoms with Crippen molar-refractivity contribution < 1.29 is 9.90 Å². The molecule has 16 heavy (non-hydrogen) atoms. The lowest BCUT2D eigenvalue weighted by atomic mass is 9.97. The van der Waals surface area contributed by atoms with Crippen LogP contribution < -0.4 is 0 Å². The Morgan fingerprint density at radius 2 is 2.06 bits per heavy atom. The predicted octanol–water partition coefficient (Wildman–Crippen LogP) is 1.96. The predicted molar refractivity (Wildman–Crippen MR) is 62.4 cm³/mol. The van der Waals surface area contributed by atoms with Gasteiger partial charge < -0.3 is 5.11 Å². The molecule has 0 bridgehead atoms. The van der Waals surface area contributed by atoms with Gasteiger partial charge in [0.15, 0.2) is 0 Å². The molecule has 1 unspecified atom stereocenters. The summed E-state index contributed by atoms with van der Waals surface area (Å²) in [5.41, 5.74) is 3.76. The number of hydrogen-bond donors (Lipinski definition) is 1. The van der Waals surface area contributed by atoms with E-state index in [4.69, 9.17) is 5.11 Å². The summed E-state index contributed by atoms with van der Waals surface area (Å²) in [4.78, 5) is 12.9. The topological polar surface area (TPSA) is 40.5 Å². The minimum Gasteiger partial charge on any atom is -0.480 e. The minimum absolute atomic E-state index is 0.279. The Kier molecular flexibility index (Phi) is 2.97. The van der Waals surface area contributed by atoms with Crippen LogP contribution in [0.4, 0.5) is 0 Å². The van der Waals surface area contributed by atoms with E-state index in [2.05, 4.69) is 26.0 Å².